The predicted molar refractivity (Wildman–Crippen MR) is 78.4 cm³/mol. The van der Waals surface area contributed by atoms with Gasteiger partial charge in [-0.25, -0.2) is 19.2 Å². The number of nitrogens with two attached hydrogens (primary N) is 1. The molecule has 1 aliphatic rings. The number of thioether (sulfide) groups is 1. The van der Waals surface area contributed by atoms with Crippen molar-refractivity contribution in [1.29, 1.82) is 0 Å². The van der Waals surface area contributed by atoms with E-state index in [1.165, 1.54) is 6.26 Å². The molecule has 0 bridgehead atoms. The van der Waals surface area contributed by atoms with E-state index in [1.807, 2.05) is 11.0 Å². The Morgan fingerprint density at radius 2 is 2.37 bits per heavy atom. The molecule has 3 N–H and O–H groups in total. The van der Waals surface area contributed by atoms with E-state index in [9.17, 15) is 8.42 Å². The van der Waals surface area contributed by atoms with Gasteiger partial charge in [-0.05, 0) is 11.6 Å². The molecule has 1 aliphatic heterocycles. The van der Waals surface area contributed by atoms with Crippen LogP contribution in [-0.2, 0) is 16.4 Å². The maximum atomic E-state index is 11.8. The summed E-state index contributed by atoms with van der Waals surface area (Å²) in [5.41, 5.74) is 3.45. The van der Waals surface area contributed by atoms with Crippen LogP contribution in [0.3, 0.4) is 0 Å². The van der Waals surface area contributed by atoms with Crippen LogP contribution >= 0.6 is 11.8 Å². The van der Waals surface area contributed by atoms with Crippen molar-refractivity contribution >= 4 is 27.4 Å². The first-order valence-corrected chi connectivity index (χ1v) is 9.04. The lowest BCUT2D eigenvalue weighted by Gasteiger charge is -2.33. The van der Waals surface area contributed by atoms with E-state index in [2.05, 4.69) is 10.4 Å². The normalized spacial score (nSPS) is 21.3. The van der Waals surface area contributed by atoms with E-state index in [0.29, 0.717) is 18.1 Å². The lowest BCUT2D eigenvalue weighted by atomic mass is 10.2. The fraction of sp³-hybridized carbons (Fsp3) is 0.545. The predicted octanol–water partition coefficient (Wildman–Crippen LogP) is 0.287. The molecule has 0 spiro atoms. The molecule has 1 fully saturated rings. The molecule has 1 atom stereocenters. The molecular formula is C11H18N4O2S2. The SMILES string of the molecule is CS(=O)(=O)C1CSCCN1Cc1ccc(NN)nc1. The fourth-order valence-corrected chi connectivity index (χ4v) is 4.97. The molecule has 0 aromatic carbocycles. The largest absolute Gasteiger partial charge is 0.308 e. The molecule has 0 saturated carbocycles. The number of hydrogen-bond donors (Lipinski definition) is 2. The van der Waals surface area contributed by atoms with Crippen molar-refractivity contribution in [3.63, 3.8) is 0 Å². The Bertz CT molecular complexity index is 518. The van der Waals surface area contributed by atoms with Crippen LogP contribution in [0.5, 0.6) is 0 Å². The lowest BCUT2D eigenvalue weighted by Crippen LogP contribution is -2.46. The summed E-state index contributed by atoms with van der Waals surface area (Å²) < 4.78 is 23.6. The molecule has 1 aromatic rings. The van der Waals surface area contributed by atoms with Crippen molar-refractivity contribution in [2.45, 2.75) is 11.9 Å². The Balaban J connectivity index is 2.10. The van der Waals surface area contributed by atoms with Crippen LogP contribution in [0.1, 0.15) is 5.56 Å². The van der Waals surface area contributed by atoms with Gasteiger partial charge in [-0.15, -0.1) is 0 Å². The van der Waals surface area contributed by atoms with Crippen LogP contribution < -0.4 is 11.3 Å². The Kier molecular flexibility index (Phi) is 4.67. The average Bonchev–Trinajstić information content (AvgIpc) is 2.39. The minimum absolute atomic E-state index is 0.404. The lowest BCUT2D eigenvalue weighted by molar-refractivity contribution is 0.262. The quantitative estimate of drug-likeness (QED) is 0.610. The van der Waals surface area contributed by atoms with Gasteiger partial charge < -0.3 is 5.43 Å². The van der Waals surface area contributed by atoms with Gasteiger partial charge in [0, 0.05) is 37.0 Å². The van der Waals surface area contributed by atoms with Crippen LogP contribution in [0.4, 0.5) is 5.82 Å². The third-order valence-corrected chi connectivity index (χ3v) is 5.73. The number of nitrogens with zero attached hydrogens (tertiary/aromatic N) is 2. The molecule has 1 unspecified atom stereocenters. The highest BCUT2D eigenvalue weighted by Gasteiger charge is 2.30. The minimum atomic E-state index is -3.06. The van der Waals surface area contributed by atoms with Gasteiger partial charge in [0.1, 0.15) is 11.2 Å². The van der Waals surface area contributed by atoms with E-state index in [0.717, 1.165) is 17.9 Å². The number of nitrogens with one attached hydrogen (secondary N) is 1. The summed E-state index contributed by atoms with van der Waals surface area (Å²) in [4.78, 5) is 6.13. The molecule has 0 aliphatic carbocycles. The van der Waals surface area contributed by atoms with Crippen molar-refractivity contribution in [2.75, 3.05) is 29.7 Å². The second-order valence-electron chi connectivity index (χ2n) is 4.53. The first-order valence-electron chi connectivity index (χ1n) is 5.93. The number of hydrogen-bond acceptors (Lipinski definition) is 7. The molecule has 2 heterocycles. The summed E-state index contributed by atoms with van der Waals surface area (Å²) in [5, 5.41) is -0.404. The van der Waals surface area contributed by atoms with Crippen molar-refractivity contribution in [3.8, 4) is 0 Å². The summed E-state index contributed by atoms with van der Waals surface area (Å²) in [6.45, 7) is 1.37. The van der Waals surface area contributed by atoms with E-state index >= 15 is 0 Å². The second kappa shape index (κ2) is 6.08. The van der Waals surface area contributed by atoms with Crippen LogP contribution in [0.25, 0.3) is 0 Å². The molecule has 19 heavy (non-hydrogen) atoms. The van der Waals surface area contributed by atoms with Crippen LogP contribution in [-0.4, -0.2) is 48.0 Å². The van der Waals surface area contributed by atoms with E-state index in [1.54, 1.807) is 24.0 Å². The third-order valence-electron chi connectivity index (χ3n) is 3.04. The number of hydrazine groups is 1. The molecule has 0 radical (unpaired) electrons. The highest BCUT2D eigenvalue weighted by Crippen LogP contribution is 2.22. The van der Waals surface area contributed by atoms with Crippen LogP contribution in [0, 0.1) is 0 Å². The first kappa shape index (κ1) is 14.6. The van der Waals surface area contributed by atoms with Crippen LogP contribution in [0.2, 0.25) is 0 Å². The van der Waals surface area contributed by atoms with E-state index in [-0.39, 0.29) is 0 Å². The summed E-state index contributed by atoms with van der Waals surface area (Å²) in [7, 11) is -3.06. The first-order chi connectivity index (χ1) is 9.00. The molecule has 8 heteroatoms. The standard InChI is InChI=1S/C11H18N4O2S2/c1-19(16,17)11-8-18-5-4-15(11)7-9-2-3-10(14-12)13-6-9/h2-3,6,11H,4-5,7-8,12H2,1H3,(H,13,14). The monoisotopic (exact) mass is 302 g/mol. The number of anilines is 1. The maximum Gasteiger partial charge on any atom is 0.164 e. The minimum Gasteiger partial charge on any atom is -0.308 e. The maximum absolute atomic E-state index is 11.8. The highest BCUT2D eigenvalue weighted by molar-refractivity contribution is 8.00. The van der Waals surface area contributed by atoms with Crippen molar-refractivity contribution in [2.24, 2.45) is 5.84 Å². The van der Waals surface area contributed by atoms with Gasteiger partial charge in [-0.2, -0.15) is 11.8 Å². The number of pyridine rings is 1. The van der Waals surface area contributed by atoms with Crippen LogP contribution in [0.15, 0.2) is 18.3 Å². The number of aromatic nitrogens is 1. The van der Waals surface area contributed by atoms with Gasteiger partial charge in [0.15, 0.2) is 9.84 Å². The molecule has 1 aromatic heterocycles. The van der Waals surface area contributed by atoms with E-state index < -0.39 is 15.2 Å². The average molecular weight is 302 g/mol. The summed E-state index contributed by atoms with van der Waals surface area (Å²) in [6.07, 6.45) is 3.02. The second-order valence-corrected chi connectivity index (χ2v) is 7.88. The zero-order chi connectivity index (χ0) is 13.9. The molecule has 1 saturated heterocycles. The third kappa shape index (κ3) is 3.82. The fourth-order valence-electron chi connectivity index (χ4n) is 2.03. The molecule has 2 rings (SSSR count). The summed E-state index contributed by atoms with van der Waals surface area (Å²) >= 11 is 1.69. The van der Waals surface area contributed by atoms with Gasteiger partial charge >= 0.3 is 0 Å². The molecule has 0 amide bonds. The van der Waals surface area contributed by atoms with Gasteiger partial charge in [0.05, 0.1) is 0 Å². The zero-order valence-corrected chi connectivity index (χ0v) is 12.4. The number of nitrogen functional groups attached to an aromatic ring is 1. The summed E-state index contributed by atoms with van der Waals surface area (Å²) in [6, 6.07) is 3.69. The Hall–Kier alpha value is -0.830. The van der Waals surface area contributed by atoms with Gasteiger partial charge in [-0.1, -0.05) is 6.07 Å². The van der Waals surface area contributed by atoms with Gasteiger partial charge in [-0.3, -0.25) is 4.90 Å². The van der Waals surface area contributed by atoms with Crippen molar-refractivity contribution in [3.05, 3.63) is 23.9 Å². The molecule has 6 nitrogen and oxygen atoms in total. The Labute approximate surface area is 117 Å². The van der Waals surface area contributed by atoms with E-state index in [4.69, 9.17) is 5.84 Å². The Morgan fingerprint density at radius 3 is 2.95 bits per heavy atom. The molecular weight excluding hydrogens is 284 g/mol. The topological polar surface area (TPSA) is 88.3 Å². The van der Waals surface area contributed by atoms with Crippen molar-refractivity contribution < 1.29 is 8.42 Å². The number of sulfone groups is 1. The smallest absolute Gasteiger partial charge is 0.164 e. The summed E-state index contributed by atoms with van der Waals surface area (Å²) in [5.74, 6) is 7.45. The Morgan fingerprint density at radius 1 is 1.58 bits per heavy atom. The van der Waals surface area contributed by atoms with Crippen molar-refractivity contribution in [1.82, 2.24) is 9.88 Å². The zero-order valence-electron chi connectivity index (χ0n) is 10.7. The number of rotatable bonds is 4. The van der Waals surface area contributed by atoms with Gasteiger partial charge in [0.2, 0.25) is 0 Å². The molecule has 106 valence electrons. The van der Waals surface area contributed by atoms with Gasteiger partial charge in [0.25, 0.3) is 0 Å². The highest BCUT2D eigenvalue weighted by atomic mass is 32.2.